The van der Waals surface area contributed by atoms with Crippen molar-refractivity contribution in [2.24, 2.45) is 5.92 Å². The Kier molecular flexibility index (Phi) is 6.18. The zero-order valence-electron chi connectivity index (χ0n) is 17.9. The quantitative estimate of drug-likeness (QED) is 0.560. The summed E-state index contributed by atoms with van der Waals surface area (Å²) in [6.07, 6.45) is 12.4. The molecule has 0 radical (unpaired) electrons. The van der Waals surface area contributed by atoms with Gasteiger partial charge >= 0.3 is 0 Å². The summed E-state index contributed by atoms with van der Waals surface area (Å²) in [6, 6.07) is 0. The third kappa shape index (κ3) is 4.41. The Labute approximate surface area is 181 Å². The number of hydrogen-bond donors (Lipinski definition) is 0. The van der Waals surface area contributed by atoms with Crippen LogP contribution in [0.25, 0.3) is 17.3 Å². The average Bonchev–Trinajstić information content (AvgIpc) is 3.38. The Morgan fingerprint density at radius 1 is 1.27 bits per heavy atom. The molecule has 1 aliphatic heterocycles. The third-order valence-corrected chi connectivity index (χ3v) is 6.21. The number of aryl methyl sites for hydroxylation is 1. The molecular formula is C23H28N4O2S. The highest BCUT2D eigenvalue weighted by Crippen LogP contribution is 2.34. The predicted octanol–water partition coefficient (Wildman–Crippen LogP) is 6.08. The van der Waals surface area contributed by atoms with Crippen molar-refractivity contribution in [2.45, 2.75) is 52.9 Å². The zero-order valence-corrected chi connectivity index (χ0v) is 18.7. The molecule has 0 N–H and O–H groups in total. The van der Waals surface area contributed by atoms with Gasteiger partial charge in [-0.1, -0.05) is 25.8 Å². The van der Waals surface area contributed by atoms with E-state index in [1.54, 1.807) is 11.3 Å². The van der Waals surface area contributed by atoms with Crippen LogP contribution in [-0.4, -0.2) is 26.7 Å². The lowest BCUT2D eigenvalue weighted by Gasteiger charge is -2.30. The van der Waals surface area contributed by atoms with Gasteiger partial charge in [0.2, 0.25) is 0 Å². The van der Waals surface area contributed by atoms with Crippen LogP contribution in [0.15, 0.2) is 51.8 Å². The summed E-state index contributed by atoms with van der Waals surface area (Å²) in [5, 5.41) is 11.4. The van der Waals surface area contributed by atoms with Crippen LogP contribution in [0.1, 0.15) is 56.8 Å². The molecule has 2 aromatic heterocycles. The minimum absolute atomic E-state index is 0.420. The molecule has 1 saturated carbocycles. The van der Waals surface area contributed by atoms with Crippen LogP contribution in [0.4, 0.5) is 0 Å². The largest absolute Gasteiger partial charge is 0.491 e. The normalized spacial score (nSPS) is 17.2. The Morgan fingerprint density at radius 3 is 2.77 bits per heavy atom. The van der Waals surface area contributed by atoms with Crippen molar-refractivity contribution in [3.63, 3.8) is 0 Å². The van der Waals surface area contributed by atoms with Crippen molar-refractivity contribution >= 4 is 17.0 Å². The lowest BCUT2D eigenvalue weighted by atomic mass is 9.90. The van der Waals surface area contributed by atoms with Gasteiger partial charge in [-0.3, -0.25) is 0 Å². The second-order valence-electron chi connectivity index (χ2n) is 8.02. The summed E-state index contributed by atoms with van der Waals surface area (Å²) in [6.45, 7) is 11.0. The van der Waals surface area contributed by atoms with Gasteiger partial charge in [-0.05, 0) is 57.3 Å². The molecule has 0 atom stereocenters. The molecule has 0 spiro atoms. The molecule has 0 unspecified atom stereocenters. The van der Waals surface area contributed by atoms with E-state index in [-0.39, 0.29) is 0 Å². The fraction of sp³-hybridized carbons (Fsp3) is 0.435. The summed E-state index contributed by atoms with van der Waals surface area (Å²) in [4.78, 5) is 6.41. The van der Waals surface area contributed by atoms with Gasteiger partial charge in [-0.15, -0.1) is 21.5 Å². The number of hydrogen-bond acceptors (Lipinski definition) is 7. The molecule has 2 aromatic rings. The van der Waals surface area contributed by atoms with Crippen molar-refractivity contribution in [3.8, 4) is 11.6 Å². The third-order valence-electron chi connectivity index (χ3n) is 5.44. The molecule has 2 aliphatic rings. The van der Waals surface area contributed by atoms with E-state index in [1.807, 2.05) is 49.4 Å². The first kappa shape index (κ1) is 20.6. The second kappa shape index (κ2) is 9.00. The fourth-order valence-electron chi connectivity index (χ4n) is 3.87. The zero-order chi connectivity index (χ0) is 21.1. The van der Waals surface area contributed by atoms with Crippen molar-refractivity contribution < 1.29 is 9.15 Å². The summed E-state index contributed by atoms with van der Waals surface area (Å²) in [5.41, 5.74) is 3.33. The molecule has 1 aliphatic carbocycles. The van der Waals surface area contributed by atoms with Crippen molar-refractivity contribution in [1.82, 2.24) is 20.1 Å². The lowest BCUT2D eigenvalue weighted by molar-refractivity contribution is 0.142. The molecule has 0 saturated heterocycles. The Bertz CT molecular complexity index is 1000. The van der Waals surface area contributed by atoms with Crippen LogP contribution < -0.4 is 0 Å². The topological polar surface area (TPSA) is 64.3 Å². The van der Waals surface area contributed by atoms with Gasteiger partial charge in [0, 0.05) is 11.6 Å². The highest BCUT2D eigenvalue weighted by Gasteiger charge is 2.25. The molecular weight excluding hydrogens is 396 g/mol. The molecule has 0 aromatic carbocycles. The minimum atomic E-state index is 0.420. The first-order chi connectivity index (χ1) is 14.5. The van der Waals surface area contributed by atoms with Gasteiger partial charge in [0.1, 0.15) is 17.2 Å². The van der Waals surface area contributed by atoms with Gasteiger partial charge in [0.15, 0.2) is 0 Å². The summed E-state index contributed by atoms with van der Waals surface area (Å²) in [7, 11) is 0. The first-order valence-electron chi connectivity index (χ1n) is 10.5. The molecule has 0 amide bonds. The SMILES string of the molecule is C=C1C(OCC2CCCCC2)=CC=CN1C(=C(C)C)c1nnc(-c2csc(C)n2)o1. The van der Waals surface area contributed by atoms with Crippen LogP contribution in [0, 0.1) is 12.8 Å². The summed E-state index contributed by atoms with van der Waals surface area (Å²) >= 11 is 1.56. The van der Waals surface area contributed by atoms with Crippen LogP contribution in [0.5, 0.6) is 0 Å². The van der Waals surface area contributed by atoms with E-state index in [9.17, 15) is 0 Å². The lowest BCUT2D eigenvalue weighted by Crippen LogP contribution is -2.22. The van der Waals surface area contributed by atoms with Crippen molar-refractivity contribution in [2.75, 3.05) is 6.61 Å². The standard InChI is InChI=1S/C23H28N4O2S/c1-15(2)21(23-26-25-22(29-23)19-14-30-17(4)24-19)27-12-8-11-20(16(27)3)28-13-18-9-6-5-7-10-18/h8,11-12,14,18H,3,5-7,9-10,13H2,1-2,4H3. The van der Waals surface area contributed by atoms with Crippen LogP contribution >= 0.6 is 11.3 Å². The number of allylic oxidation sites excluding steroid dienone is 3. The summed E-state index contributed by atoms with van der Waals surface area (Å²) in [5.74, 6) is 2.28. The molecule has 0 bridgehead atoms. The Balaban J connectivity index is 1.51. The number of nitrogens with zero attached hydrogens (tertiary/aromatic N) is 4. The van der Waals surface area contributed by atoms with Gasteiger partial charge < -0.3 is 14.1 Å². The first-order valence-corrected chi connectivity index (χ1v) is 11.3. The van der Waals surface area contributed by atoms with E-state index in [0.717, 1.165) is 34.3 Å². The molecule has 30 heavy (non-hydrogen) atoms. The molecule has 7 heteroatoms. The number of aromatic nitrogens is 3. The molecule has 1 fully saturated rings. The number of ether oxygens (including phenoxy) is 1. The van der Waals surface area contributed by atoms with Gasteiger partial charge in [0.05, 0.1) is 17.3 Å². The molecule has 3 heterocycles. The average molecular weight is 425 g/mol. The maximum absolute atomic E-state index is 6.18. The van der Waals surface area contributed by atoms with Crippen LogP contribution in [0.3, 0.4) is 0 Å². The van der Waals surface area contributed by atoms with Crippen molar-refractivity contribution in [1.29, 1.82) is 0 Å². The molecule has 4 rings (SSSR count). The van der Waals surface area contributed by atoms with Gasteiger partial charge in [-0.2, -0.15) is 0 Å². The van der Waals surface area contributed by atoms with E-state index in [1.165, 1.54) is 32.1 Å². The summed E-state index contributed by atoms with van der Waals surface area (Å²) < 4.78 is 12.2. The van der Waals surface area contributed by atoms with E-state index in [0.29, 0.717) is 23.4 Å². The smallest absolute Gasteiger partial charge is 0.267 e. The number of rotatable bonds is 6. The van der Waals surface area contributed by atoms with E-state index < -0.39 is 0 Å². The maximum atomic E-state index is 6.18. The molecule has 6 nitrogen and oxygen atoms in total. The number of thiazole rings is 1. The predicted molar refractivity (Wildman–Crippen MR) is 119 cm³/mol. The Hall–Kier alpha value is -2.67. The monoisotopic (exact) mass is 424 g/mol. The maximum Gasteiger partial charge on any atom is 0.267 e. The van der Waals surface area contributed by atoms with Crippen LogP contribution in [-0.2, 0) is 4.74 Å². The molecule has 158 valence electrons. The van der Waals surface area contributed by atoms with Gasteiger partial charge in [0.25, 0.3) is 11.8 Å². The van der Waals surface area contributed by atoms with E-state index in [2.05, 4.69) is 21.8 Å². The second-order valence-corrected chi connectivity index (χ2v) is 9.08. The van der Waals surface area contributed by atoms with Crippen molar-refractivity contribution in [3.05, 3.63) is 58.2 Å². The fourth-order valence-corrected chi connectivity index (χ4v) is 4.45. The van der Waals surface area contributed by atoms with Gasteiger partial charge in [-0.25, -0.2) is 4.98 Å². The van der Waals surface area contributed by atoms with Crippen LogP contribution in [0.2, 0.25) is 0 Å². The highest BCUT2D eigenvalue weighted by atomic mass is 32.1. The minimum Gasteiger partial charge on any atom is -0.491 e. The van der Waals surface area contributed by atoms with E-state index >= 15 is 0 Å². The Morgan fingerprint density at radius 2 is 2.07 bits per heavy atom. The highest BCUT2D eigenvalue weighted by molar-refractivity contribution is 7.09. The van der Waals surface area contributed by atoms with E-state index in [4.69, 9.17) is 9.15 Å².